The van der Waals surface area contributed by atoms with E-state index in [1.165, 1.54) is 29.1 Å². The van der Waals surface area contributed by atoms with Crippen LogP contribution in [0.25, 0.3) is 0 Å². The van der Waals surface area contributed by atoms with E-state index in [0.29, 0.717) is 32.5 Å². The number of piperidine rings is 1. The molecular weight excluding hydrogens is 352 g/mol. The van der Waals surface area contributed by atoms with Crippen LogP contribution < -0.4 is 5.32 Å². The lowest BCUT2D eigenvalue weighted by Crippen LogP contribution is -2.44. The summed E-state index contributed by atoms with van der Waals surface area (Å²) in [4.78, 5) is 15.1. The van der Waals surface area contributed by atoms with Gasteiger partial charge in [0.1, 0.15) is 0 Å². The second kappa shape index (κ2) is 8.10. The zero-order valence-electron chi connectivity index (χ0n) is 15.7. The van der Waals surface area contributed by atoms with E-state index in [0.717, 1.165) is 13.1 Å². The molecule has 3 rings (SSSR count). The number of likely N-dealkylation sites (tertiary alicyclic amines) is 1. The van der Waals surface area contributed by atoms with E-state index in [1.54, 1.807) is 0 Å². The number of sulfonamides is 1. The molecule has 2 aliphatic rings. The monoisotopic (exact) mass is 382 g/mol. The van der Waals surface area contributed by atoms with E-state index >= 15 is 0 Å². The number of rotatable bonds is 6. The van der Waals surface area contributed by atoms with Gasteiger partial charge >= 0.3 is 0 Å². The molecule has 0 radical (unpaired) electrons. The van der Waals surface area contributed by atoms with Crippen molar-refractivity contribution in [2.45, 2.75) is 31.7 Å². The van der Waals surface area contributed by atoms with Crippen molar-refractivity contribution >= 4 is 15.9 Å². The maximum absolute atomic E-state index is 12.6. The lowest BCUT2D eigenvalue weighted by molar-refractivity contribution is -0.126. The van der Waals surface area contributed by atoms with Gasteiger partial charge in [0.2, 0.25) is 15.9 Å². The van der Waals surface area contributed by atoms with Crippen LogP contribution >= 0.6 is 0 Å². The predicted octanol–water partition coefficient (Wildman–Crippen LogP) is 0.950. The zero-order valence-corrected chi connectivity index (χ0v) is 16.5. The maximum atomic E-state index is 12.6. The fourth-order valence-electron chi connectivity index (χ4n) is 4.09. The van der Waals surface area contributed by atoms with Crippen molar-refractivity contribution < 1.29 is 13.2 Å². The Morgan fingerprint density at radius 2 is 1.88 bits per heavy atom. The molecule has 1 atom stereocenters. The second-order valence-corrected chi connectivity index (χ2v) is 9.47. The van der Waals surface area contributed by atoms with Gasteiger partial charge in [0.15, 0.2) is 0 Å². The van der Waals surface area contributed by atoms with Crippen molar-refractivity contribution in [3.63, 3.8) is 0 Å². The summed E-state index contributed by atoms with van der Waals surface area (Å²) in [5.74, 6) is -0.0443. The van der Waals surface area contributed by atoms with Gasteiger partial charge in [0.05, 0.1) is 12.3 Å². The molecule has 2 aliphatic heterocycles. The quantitative estimate of drug-likeness (QED) is 0.795. The Balaban J connectivity index is 1.57. The molecule has 2 fully saturated rings. The standard InChI is InChI=1S/C18H30N4O3S/c1-20-9-5-6-16(20)17(21-10-3-4-11-21)14-19-18(23)15-7-12-22(13-8-15)26(2,24)25/h5-6,9,15,17H,3-4,7-8,10-14H2,1-2H3,(H,19,23). The van der Waals surface area contributed by atoms with Crippen LogP contribution in [0.3, 0.4) is 0 Å². The third kappa shape index (κ3) is 4.47. The Labute approximate surface area is 156 Å². The molecule has 0 spiro atoms. The smallest absolute Gasteiger partial charge is 0.223 e. The molecule has 26 heavy (non-hydrogen) atoms. The largest absolute Gasteiger partial charge is 0.354 e. The number of carbonyl (C=O) groups excluding carboxylic acids is 1. The van der Waals surface area contributed by atoms with Gasteiger partial charge in [0.25, 0.3) is 0 Å². The lowest BCUT2D eigenvalue weighted by atomic mass is 9.97. The van der Waals surface area contributed by atoms with Crippen LogP contribution in [-0.4, -0.2) is 67.1 Å². The van der Waals surface area contributed by atoms with Crippen molar-refractivity contribution in [1.82, 2.24) is 19.1 Å². The van der Waals surface area contributed by atoms with E-state index in [1.807, 2.05) is 19.3 Å². The Bertz CT molecular complexity index is 717. The second-order valence-electron chi connectivity index (χ2n) is 7.48. The van der Waals surface area contributed by atoms with Crippen LogP contribution in [0, 0.1) is 5.92 Å². The summed E-state index contributed by atoms with van der Waals surface area (Å²) < 4.78 is 26.8. The first kappa shape index (κ1) is 19.4. The van der Waals surface area contributed by atoms with Gasteiger partial charge in [-0.05, 0) is 50.9 Å². The van der Waals surface area contributed by atoms with Gasteiger partial charge in [-0.1, -0.05) is 0 Å². The van der Waals surface area contributed by atoms with Crippen LogP contribution in [0.4, 0.5) is 0 Å². The molecule has 1 amide bonds. The molecule has 2 saturated heterocycles. The molecule has 8 heteroatoms. The minimum Gasteiger partial charge on any atom is -0.354 e. The van der Waals surface area contributed by atoms with Gasteiger partial charge in [-0.3, -0.25) is 9.69 Å². The average molecular weight is 383 g/mol. The van der Waals surface area contributed by atoms with Crippen LogP contribution in [0.15, 0.2) is 18.3 Å². The highest BCUT2D eigenvalue weighted by molar-refractivity contribution is 7.88. The number of hydrogen-bond acceptors (Lipinski definition) is 4. The van der Waals surface area contributed by atoms with Crippen molar-refractivity contribution in [3.8, 4) is 0 Å². The maximum Gasteiger partial charge on any atom is 0.223 e. The minimum atomic E-state index is -3.15. The molecule has 146 valence electrons. The number of aromatic nitrogens is 1. The fourth-order valence-corrected chi connectivity index (χ4v) is 4.96. The molecule has 1 aromatic rings. The van der Waals surface area contributed by atoms with Crippen LogP contribution in [-0.2, 0) is 21.9 Å². The van der Waals surface area contributed by atoms with E-state index in [2.05, 4.69) is 20.9 Å². The summed E-state index contributed by atoms with van der Waals surface area (Å²) in [7, 11) is -1.11. The molecule has 1 aromatic heterocycles. The third-order valence-electron chi connectivity index (χ3n) is 5.67. The number of amides is 1. The van der Waals surface area contributed by atoms with Gasteiger partial charge in [0, 0.05) is 44.5 Å². The van der Waals surface area contributed by atoms with E-state index in [9.17, 15) is 13.2 Å². The number of nitrogens with one attached hydrogen (secondary N) is 1. The number of carbonyl (C=O) groups is 1. The van der Waals surface area contributed by atoms with Crippen molar-refractivity contribution in [1.29, 1.82) is 0 Å². The van der Waals surface area contributed by atoms with Crippen molar-refractivity contribution in [3.05, 3.63) is 24.0 Å². The summed E-state index contributed by atoms with van der Waals surface area (Å²) in [6.07, 6.45) is 6.88. The molecule has 1 N–H and O–H groups in total. The molecule has 7 nitrogen and oxygen atoms in total. The Kier molecular flexibility index (Phi) is 6.04. The summed E-state index contributed by atoms with van der Waals surface area (Å²) in [5, 5.41) is 3.14. The van der Waals surface area contributed by atoms with E-state index < -0.39 is 10.0 Å². The first-order valence-electron chi connectivity index (χ1n) is 9.44. The Morgan fingerprint density at radius 3 is 2.42 bits per heavy atom. The van der Waals surface area contributed by atoms with Gasteiger partial charge < -0.3 is 9.88 Å². The predicted molar refractivity (Wildman–Crippen MR) is 101 cm³/mol. The zero-order chi connectivity index (χ0) is 18.7. The molecule has 0 aliphatic carbocycles. The average Bonchev–Trinajstić information content (AvgIpc) is 3.27. The first-order valence-corrected chi connectivity index (χ1v) is 11.3. The van der Waals surface area contributed by atoms with Gasteiger partial charge in [-0.15, -0.1) is 0 Å². The molecule has 0 saturated carbocycles. The summed E-state index contributed by atoms with van der Waals surface area (Å²) in [6, 6.07) is 4.36. The molecule has 0 aromatic carbocycles. The summed E-state index contributed by atoms with van der Waals surface area (Å²) in [5.41, 5.74) is 1.22. The van der Waals surface area contributed by atoms with E-state index in [-0.39, 0.29) is 17.9 Å². The third-order valence-corrected chi connectivity index (χ3v) is 6.97. The minimum absolute atomic E-state index is 0.0524. The van der Waals surface area contributed by atoms with Crippen molar-refractivity contribution in [2.24, 2.45) is 13.0 Å². The highest BCUT2D eigenvalue weighted by Crippen LogP contribution is 2.25. The highest BCUT2D eigenvalue weighted by atomic mass is 32.2. The van der Waals surface area contributed by atoms with Crippen LogP contribution in [0.2, 0.25) is 0 Å². The van der Waals surface area contributed by atoms with Crippen molar-refractivity contribution in [2.75, 3.05) is 39.0 Å². The number of aryl methyl sites for hydroxylation is 1. The van der Waals surface area contributed by atoms with E-state index in [4.69, 9.17) is 0 Å². The molecular formula is C18H30N4O3S. The molecule has 3 heterocycles. The summed E-state index contributed by atoms with van der Waals surface area (Å²) in [6.45, 7) is 3.61. The Hall–Kier alpha value is -1.38. The van der Waals surface area contributed by atoms with Crippen LogP contribution in [0.1, 0.15) is 37.4 Å². The fraction of sp³-hybridized carbons (Fsp3) is 0.722. The number of nitrogens with zero attached hydrogens (tertiary/aromatic N) is 3. The Morgan fingerprint density at radius 1 is 1.23 bits per heavy atom. The SMILES string of the molecule is Cn1cccc1C(CNC(=O)C1CCN(S(C)(=O)=O)CC1)N1CCCC1. The first-order chi connectivity index (χ1) is 12.4. The molecule has 1 unspecified atom stereocenters. The summed E-state index contributed by atoms with van der Waals surface area (Å²) >= 11 is 0. The molecule has 0 bridgehead atoms. The van der Waals surface area contributed by atoms with Gasteiger partial charge in [-0.25, -0.2) is 12.7 Å². The number of hydrogen-bond donors (Lipinski definition) is 1. The lowest BCUT2D eigenvalue weighted by Gasteiger charge is -2.31. The van der Waals surface area contributed by atoms with Crippen LogP contribution in [0.5, 0.6) is 0 Å². The van der Waals surface area contributed by atoms with Gasteiger partial charge in [-0.2, -0.15) is 0 Å². The highest BCUT2D eigenvalue weighted by Gasteiger charge is 2.30. The topological polar surface area (TPSA) is 74.6 Å². The normalized spacial score (nSPS) is 21.8.